The van der Waals surface area contributed by atoms with Crippen molar-refractivity contribution in [3.8, 4) is 23.0 Å². The molecule has 0 aliphatic carbocycles. The topological polar surface area (TPSA) is 86.7 Å². The summed E-state index contributed by atoms with van der Waals surface area (Å²) in [6.07, 6.45) is 1.53. The molecule has 0 bridgehead atoms. The van der Waals surface area contributed by atoms with Crippen molar-refractivity contribution in [2.45, 2.75) is 12.5 Å². The van der Waals surface area contributed by atoms with Crippen LogP contribution in [0.4, 0.5) is 0 Å². The van der Waals surface area contributed by atoms with Gasteiger partial charge in [-0.3, -0.25) is 0 Å². The van der Waals surface area contributed by atoms with Gasteiger partial charge in [0.05, 0.1) is 46.4 Å². The van der Waals surface area contributed by atoms with Crippen LogP contribution in [0.15, 0.2) is 41.5 Å². The van der Waals surface area contributed by atoms with Gasteiger partial charge in [0.25, 0.3) is 0 Å². The number of hydrogen-bond donors (Lipinski definition) is 0. The predicted octanol–water partition coefficient (Wildman–Crippen LogP) is 2.83. The fraction of sp³-hybridized carbons (Fsp3) is 0.350. The summed E-state index contributed by atoms with van der Waals surface area (Å²) < 4.78 is 47.3. The zero-order chi connectivity index (χ0) is 21.2. The Bertz CT molecular complexity index is 1010. The maximum atomic E-state index is 12.4. The second kappa shape index (κ2) is 8.20. The van der Waals surface area contributed by atoms with E-state index in [0.717, 1.165) is 21.8 Å². The lowest BCUT2D eigenvalue weighted by Gasteiger charge is -2.22. The van der Waals surface area contributed by atoms with Crippen LogP contribution in [0.2, 0.25) is 0 Å². The second-order valence-electron chi connectivity index (χ2n) is 6.52. The number of benzene rings is 2. The van der Waals surface area contributed by atoms with Crippen LogP contribution in [0.1, 0.15) is 23.6 Å². The number of sulfonamides is 1. The quantitative estimate of drug-likeness (QED) is 0.685. The molecule has 1 aliphatic heterocycles. The third-order valence-electron chi connectivity index (χ3n) is 4.69. The van der Waals surface area contributed by atoms with Crippen LogP contribution in [0, 0.1) is 0 Å². The molecule has 8 nitrogen and oxygen atoms in total. The van der Waals surface area contributed by atoms with Gasteiger partial charge < -0.3 is 18.9 Å². The SMILES string of the molecule is COc1cc(OC)cc([C@H]2CC(c3ccc(OC)c(OC)c3)=NN2S(C)(=O)=O)c1. The van der Waals surface area contributed by atoms with E-state index in [0.29, 0.717) is 35.1 Å². The van der Waals surface area contributed by atoms with E-state index in [1.807, 2.05) is 6.07 Å². The molecule has 3 rings (SSSR count). The minimum Gasteiger partial charge on any atom is -0.497 e. The van der Waals surface area contributed by atoms with Crippen LogP contribution in [0.25, 0.3) is 0 Å². The lowest BCUT2D eigenvalue weighted by molar-refractivity contribution is 0.355. The van der Waals surface area contributed by atoms with E-state index in [-0.39, 0.29) is 0 Å². The molecular formula is C20H24N2O6S. The van der Waals surface area contributed by atoms with E-state index in [1.54, 1.807) is 58.8 Å². The third-order valence-corrected chi connectivity index (χ3v) is 5.70. The maximum absolute atomic E-state index is 12.4. The van der Waals surface area contributed by atoms with Crippen LogP contribution in [-0.2, 0) is 10.0 Å². The number of ether oxygens (including phenoxy) is 4. The molecule has 9 heteroatoms. The molecule has 0 amide bonds. The van der Waals surface area contributed by atoms with Crippen molar-refractivity contribution in [2.24, 2.45) is 5.10 Å². The normalized spacial score (nSPS) is 16.4. The highest BCUT2D eigenvalue weighted by molar-refractivity contribution is 7.88. The highest BCUT2D eigenvalue weighted by Gasteiger charge is 2.35. The van der Waals surface area contributed by atoms with Crippen molar-refractivity contribution in [2.75, 3.05) is 34.7 Å². The van der Waals surface area contributed by atoms with E-state index >= 15 is 0 Å². The van der Waals surface area contributed by atoms with Gasteiger partial charge >= 0.3 is 0 Å². The van der Waals surface area contributed by atoms with Crippen LogP contribution >= 0.6 is 0 Å². The van der Waals surface area contributed by atoms with E-state index in [2.05, 4.69) is 5.10 Å². The van der Waals surface area contributed by atoms with Crippen LogP contribution in [0.5, 0.6) is 23.0 Å². The minimum atomic E-state index is -3.60. The fourth-order valence-electron chi connectivity index (χ4n) is 3.25. The minimum absolute atomic E-state index is 0.388. The monoisotopic (exact) mass is 420 g/mol. The van der Waals surface area contributed by atoms with Gasteiger partial charge in [-0.2, -0.15) is 9.52 Å². The number of hydrazone groups is 1. The van der Waals surface area contributed by atoms with E-state index in [1.165, 1.54) is 0 Å². The van der Waals surface area contributed by atoms with Crippen molar-refractivity contribution in [3.05, 3.63) is 47.5 Å². The summed E-state index contributed by atoms with van der Waals surface area (Å²) in [5.74, 6) is 2.29. The summed E-state index contributed by atoms with van der Waals surface area (Å²) >= 11 is 0. The van der Waals surface area contributed by atoms with E-state index < -0.39 is 16.1 Å². The fourth-order valence-corrected chi connectivity index (χ4v) is 4.16. The highest BCUT2D eigenvalue weighted by Crippen LogP contribution is 2.39. The zero-order valence-corrected chi connectivity index (χ0v) is 17.8. The van der Waals surface area contributed by atoms with Crippen molar-refractivity contribution >= 4 is 15.7 Å². The van der Waals surface area contributed by atoms with Gasteiger partial charge in [-0.05, 0) is 35.9 Å². The molecule has 0 unspecified atom stereocenters. The van der Waals surface area contributed by atoms with Crippen LogP contribution in [-0.4, -0.2) is 53.2 Å². The average molecular weight is 420 g/mol. The Labute approximate surface area is 170 Å². The first kappa shape index (κ1) is 20.8. The van der Waals surface area contributed by atoms with E-state index in [4.69, 9.17) is 18.9 Å². The second-order valence-corrected chi connectivity index (χ2v) is 8.36. The first-order chi connectivity index (χ1) is 13.8. The molecule has 0 saturated carbocycles. The largest absolute Gasteiger partial charge is 0.497 e. The highest BCUT2D eigenvalue weighted by atomic mass is 32.2. The molecule has 156 valence electrons. The predicted molar refractivity (Wildman–Crippen MR) is 110 cm³/mol. The maximum Gasteiger partial charge on any atom is 0.247 e. The van der Waals surface area contributed by atoms with Gasteiger partial charge in [0.15, 0.2) is 11.5 Å². The Morgan fingerprint density at radius 3 is 2.03 bits per heavy atom. The van der Waals surface area contributed by atoms with Crippen LogP contribution < -0.4 is 18.9 Å². The van der Waals surface area contributed by atoms with Gasteiger partial charge in [-0.15, -0.1) is 0 Å². The Kier molecular flexibility index (Phi) is 5.88. The van der Waals surface area contributed by atoms with Gasteiger partial charge in [0.2, 0.25) is 10.0 Å². The first-order valence-electron chi connectivity index (χ1n) is 8.83. The first-order valence-corrected chi connectivity index (χ1v) is 10.7. The molecule has 0 spiro atoms. The molecule has 0 N–H and O–H groups in total. The molecule has 2 aromatic carbocycles. The number of methoxy groups -OCH3 is 4. The molecule has 1 heterocycles. The summed E-state index contributed by atoms with van der Waals surface area (Å²) in [4.78, 5) is 0. The van der Waals surface area contributed by atoms with Crippen molar-refractivity contribution in [1.29, 1.82) is 0 Å². The summed E-state index contributed by atoms with van der Waals surface area (Å²) in [5.41, 5.74) is 2.11. The molecule has 0 radical (unpaired) electrons. The molecule has 1 aliphatic rings. The molecule has 2 aromatic rings. The van der Waals surface area contributed by atoms with Gasteiger partial charge in [-0.1, -0.05) is 0 Å². The lowest BCUT2D eigenvalue weighted by Crippen LogP contribution is -2.26. The number of rotatable bonds is 7. The van der Waals surface area contributed by atoms with Gasteiger partial charge in [0.1, 0.15) is 11.5 Å². The molecular weight excluding hydrogens is 396 g/mol. The molecule has 0 aromatic heterocycles. The summed E-state index contributed by atoms with van der Waals surface area (Å²) in [7, 11) is 2.60. The summed E-state index contributed by atoms with van der Waals surface area (Å²) in [6.45, 7) is 0. The Hall–Kier alpha value is -2.94. The van der Waals surface area contributed by atoms with Gasteiger partial charge in [-0.25, -0.2) is 8.42 Å². The molecule has 0 saturated heterocycles. The van der Waals surface area contributed by atoms with Crippen molar-refractivity contribution in [1.82, 2.24) is 4.41 Å². The molecule has 0 fully saturated rings. The third kappa shape index (κ3) is 4.24. The van der Waals surface area contributed by atoms with E-state index in [9.17, 15) is 8.42 Å². The smallest absolute Gasteiger partial charge is 0.247 e. The Balaban J connectivity index is 2.04. The average Bonchev–Trinajstić information content (AvgIpc) is 3.19. The van der Waals surface area contributed by atoms with Crippen molar-refractivity contribution in [3.63, 3.8) is 0 Å². The summed E-state index contributed by atoms with van der Waals surface area (Å²) in [5, 5.41) is 4.41. The Morgan fingerprint density at radius 1 is 0.897 bits per heavy atom. The lowest BCUT2D eigenvalue weighted by atomic mass is 9.98. The van der Waals surface area contributed by atoms with Crippen LogP contribution in [0.3, 0.4) is 0 Å². The number of hydrogen-bond acceptors (Lipinski definition) is 7. The van der Waals surface area contributed by atoms with Crippen molar-refractivity contribution < 1.29 is 27.4 Å². The molecule has 29 heavy (non-hydrogen) atoms. The zero-order valence-electron chi connectivity index (χ0n) is 17.0. The Morgan fingerprint density at radius 2 is 1.52 bits per heavy atom. The summed E-state index contributed by atoms with van der Waals surface area (Å²) in [6, 6.07) is 10.2. The van der Waals surface area contributed by atoms with Gasteiger partial charge in [0, 0.05) is 18.1 Å². The molecule has 1 atom stereocenters. The standard InChI is InChI=1S/C20H24N2O6S/c1-25-15-8-14(9-16(11-15)26-2)18-12-17(21-22(18)29(5,23)24)13-6-7-19(27-3)20(10-13)28-4/h6-11,18H,12H2,1-5H3/t18-/m1/s1. The number of nitrogens with zero attached hydrogens (tertiary/aromatic N) is 2.